The Balaban J connectivity index is 1.40. The summed E-state index contributed by atoms with van der Waals surface area (Å²) < 4.78 is 5.61. The predicted octanol–water partition coefficient (Wildman–Crippen LogP) is 5.42. The molecular formula is C32H44N4O2. The summed E-state index contributed by atoms with van der Waals surface area (Å²) in [6, 6.07) is 18.1. The minimum atomic E-state index is -0.0139. The number of methoxy groups -OCH3 is 1. The van der Waals surface area contributed by atoms with Gasteiger partial charge in [0.2, 0.25) is 0 Å². The van der Waals surface area contributed by atoms with Crippen LogP contribution in [0.15, 0.2) is 61.2 Å². The molecule has 38 heavy (non-hydrogen) atoms. The van der Waals surface area contributed by atoms with Crippen molar-refractivity contribution in [3.8, 4) is 5.75 Å². The van der Waals surface area contributed by atoms with Crippen LogP contribution in [0.1, 0.15) is 78.9 Å². The molecule has 3 unspecified atom stereocenters. The first-order valence-electron chi connectivity index (χ1n) is 14.6. The average Bonchev–Trinajstić information content (AvgIpc) is 3.25. The van der Waals surface area contributed by atoms with Crippen molar-refractivity contribution in [3.63, 3.8) is 0 Å². The van der Waals surface area contributed by atoms with E-state index in [4.69, 9.17) is 4.74 Å². The van der Waals surface area contributed by atoms with Crippen LogP contribution in [0, 0.1) is 0 Å². The lowest BCUT2D eigenvalue weighted by atomic mass is 9.94. The first-order chi connectivity index (χ1) is 18.7. The number of rotatable bonds is 8. The maximum absolute atomic E-state index is 13.0. The van der Waals surface area contributed by atoms with Crippen LogP contribution in [0.5, 0.6) is 5.75 Å². The number of benzene rings is 2. The summed E-state index contributed by atoms with van der Waals surface area (Å²) in [6.45, 7) is 8.95. The Bertz CT molecular complexity index is 1060. The van der Waals surface area contributed by atoms with Crippen molar-refractivity contribution in [1.29, 1.82) is 0 Å². The molecule has 3 saturated heterocycles. The summed E-state index contributed by atoms with van der Waals surface area (Å²) in [6.07, 6.45) is 11.8. The third-order valence-corrected chi connectivity index (χ3v) is 8.68. The van der Waals surface area contributed by atoms with Crippen LogP contribution in [-0.4, -0.2) is 72.6 Å². The number of piperidine rings is 1. The molecule has 1 amide bonds. The zero-order valence-corrected chi connectivity index (χ0v) is 23.0. The van der Waals surface area contributed by atoms with E-state index in [1.54, 1.807) is 7.11 Å². The maximum Gasteiger partial charge on any atom is 0.265 e. The molecule has 3 heterocycles. The Morgan fingerprint density at radius 1 is 0.974 bits per heavy atom. The highest BCUT2D eigenvalue weighted by molar-refractivity contribution is 5.93. The van der Waals surface area contributed by atoms with Crippen LogP contribution in [0.4, 0.5) is 0 Å². The number of hydrazine groups is 1. The Labute approximate surface area is 228 Å². The molecule has 0 aromatic heterocycles. The SMILES string of the molecule is C=CCN1C2CCCC1CN(C(c1ccc(C(=O)NN3CCCCCC3)cc1)c1cccc(OC)c1)CC2. The zero-order chi connectivity index (χ0) is 26.3. The third kappa shape index (κ3) is 6.31. The molecular weight excluding hydrogens is 472 g/mol. The number of hydrogen-bond acceptors (Lipinski definition) is 5. The van der Waals surface area contributed by atoms with Gasteiger partial charge in [-0.2, -0.15) is 0 Å². The van der Waals surface area contributed by atoms with Crippen LogP contribution < -0.4 is 10.2 Å². The van der Waals surface area contributed by atoms with Crippen molar-refractivity contribution in [1.82, 2.24) is 20.2 Å². The van der Waals surface area contributed by atoms with Crippen LogP contribution in [0.25, 0.3) is 0 Å². The molecule has 0 aliphatic carbocycles. The number of nitrogens with one attached hydrogen (secondary N) is 1. The number of ether oxygens (including phenoxy) is 1. The van der Waals surface area contributed by atoms with Crippen molar-refractivity contribution in [2.75, 3.05) is 39.8 Å². The molecule has 1 N–H and O–H groups in total. The Hall–Kier alpha value is -2.67. The van der Waals surface area contributed by atoms with Crippen LogP contribution in [0.2, 0.25) is 0 Å². The van der Waals surface area contributed by atoms with Crippen LogP contribution in [0.3, 0.4) is 0 Å². The summed E-state index contributed by atoms with van der Waals surface area (Å²) in [5, 5.41) is 2.09. The molecule has 0 saturated carbocycles. The molecule has 3 aliphatic rings. The quantitative estimate of drug-likeness (QED) is 0.475. The largest absolute Gasteiger partial charge is 0.497 e. The average molecular weight is 517 g/mol. The Morgan fingerprint density at radius 3 is 2.47 bits per heavy atom. The summed E-state index contributed by atoms with van der Waals surface area (Å²) in [5.74, 6) is 0.864. The van der Waals surface area contributed by atoms with Gasteiger partial charge in [0.15, 0.2) is 0 Å². The highest BCUT2D eigenvalue weighted by atomic mass is 16.5. The van der Waals surface area contributed by atoms with E-state index < -0.39 is 0 Å². The molecule has 0 radical (unpaired) electrons. The van der Waals surface area contributed by atoms with E-state index in [-0.39, 0.29) is 11.9 Å². The topological polar surface area (TPSA) is 48.0 Å². The van der Waals surface area contributed by atoms with Crippen molar-refractivity contribution >= 4 is 5.91 Å². The van der Waals surface area contributed by atoms with Crippen molar-refractivity contribution in [3.05, 3.63) is 77.9 Å². The lowest BCUT2D eigenvalue weighted by molar-refractivity contribution is 0.0794. The molecule has 2 bridgehead atoms. The van der Waals surface area contributed by atoms with E-state index in [9.17, 15) is 4.79 Å². The van der Waals surface area contributed by atoms with Crippen LogP contribution >= 0.6 is 0 Å². The van der Waals surface area contributed by atoms with Gasteiger partial charge in [-0.05, 0) is 67.5 Å². The number of carbonyl (C=O) groups is 1. The number of fused-ring (bicyclic) bond motifs is 2. The van der Waals surface area contributed by atoms with E-state index >= 15 is 0 Å². The number of amides is 1. The van der Waals surface area contributed by atoms with Gasteiger partial charge in [-0.25, -0.2) is 5.01 Å². The van der Waals surface area contributed by atoms with E-state index in [0.29, 0.717) is 17.6 Å². The van der Waals surface area contributed by atoms with Gasteiger partial charge in [0.25, 0.3) is 5.91 Å². The Kier molecular flexibility index (Phi) is 9.15. The van der Waals surface area contributed by atoms with E-state index in [1.807, 2.05) is 18.2 Å². The van der Waals surface area contributed by atoms with Crippen molar-refractivity contribution in [2.24, 2.45) is 0 Å². The Morgan fingerprint density at radius 2 is 1.74 bits per heavy atom. The summed E-state index contributed by atoms with van der Waals surface area (Å²) in [5.41, 5.74) is 6.31. The van der Waals surface area contributed by atoms with Gasteiger partial charge in [0.05, 0.1) is 13.2 Å². The molecule has 2 aromatic rings. The number of carbonyl (C=O) groups excluding carboxylic acids is 1. The lowest BCUT2D eigenvalue weighted by Crippen LogP contribution is -2.48. The lowest BCUT2D eigenvalue weighted by Gasteiger charge is -2.41. The monoisotopic (exact) mass is 516 g/mol. The normalized spacial score (nSPS) is 24.1. The first-order valence-corrected chi connectivity index (χ1v) is 14.6. The smallest absolute Gasteiger partial charge is 0.265 e. The predicted molar refractivity (Wildman–Crippen MR) is 153 cm³/mol. The second kappa shape index (κ2) is 12.9. The van der Waals surface area contributed by atoms with Crippen molar-refractivity contribution < 1.29 is 9.53 Å². The second-order valence-corrected chi connectivity index (χ2v) is 11.2. The first kappa shape index (κ1) is 26.9. The highest BCUT2D eigenvalue weighted by Gasteiger charge is 2.36. The molecule has 6 nitrogen and oxygen atoms in total. The number of hydrogen-bond donors (Lipinski definition) is 1. The molecule has 2 aromatic carbocycles. The van der Waals surface area contributed by atoms with Gasteiger partial charge in [-0.15, -0.1) is 6.58 Å². The van der Waals surface area contributed by atoms with Gasteiger partial charge >= 0.3 is 0 Å². The number of nitrogens with zero attached hydrogens (tertiary/aromatic N) is 3. The fraction of sp³-hybridized carbons (Fsp3) is 0.531. The standard InChI is InChI=1S/C32H44N4O2/c1-3-19-36-28-11-9-12-29(36)24-34(22-18-28)31(27-10-8-13-30(23-27)38-2)25-14-16-26(17-15-25)32(37)33-35-20-6-4-5-7-21-35/h3,8,10,13-17,23,28-29,31H,1,4-7,9,11-12,18-22,24H2,2H3,(H,33,37). The molecule has 6 heteroatoms. The zero-order valence-electron chi connectivity index (χ0n) is 23.0. The third-order valence-electron chi connectivity index (χ3n) is 8.68. The van der Waals surface area contributed by atoms with E-state index in [1.165, 1.54) is 49.7 Å². The van der Waals surface area contributed by atoms with Gasteiger partial charge < -0.3 is 4.74 Å². The van der Waals surface area contributed by atoms with Gasteiger partial charge in [0, 0.05) is 50.4 Å². The molecule has 0 spiro atoms. The highest BCUT2D eigenvalue weighted by Crippen LogP contribution is 2.36. The van der Waals surface area contributed by atoms with Crippen molar-refractivity contribution in [2.45, 2.75) is 69.5 Å². The van der Waals surface area contributed by atoms with E-state index in [2.05, 4.69) is 63.2 Å². The molecule has 3 atom stereocenters. The fourth-order valence-corrected chi connectivity index (χ4v) is 6.72. The van der Waals surface area contributed by atoms with Gasteiger partial charge in [-0.1, -0.05) is 49.6 Å². The second-order valence-electron chi connectivity index (χ2n) is 11.2. The summed E-state index contributed by atoms with van der Waals surface area (Å²) in [4.78, 5) is 18.4. The summed E-state index contributed by atoms with van der Waals surface area (Å²) in [7, 11) is 1.73. The minimum absolute atomic E-state index is 0.0139. The minimum Gasteiger partial charge on any atom is -0.497 e. The van der Waals surface area contributed by atoms with Gasteiger partial charge in [0.1, 0.15) is 5.75 Å². The summed E-state index contributed by atoms with van der Waals surface area (Å²) >= 11 is 0. The molecule has 3 aliphatic heterocycles. The fourth-order valence-electron chi connectivity index (χ4n) is 6.72. The molecule has 204 valence electrons. The van der Waals surface area contributed by atoms with Crippen LogP contribution in [-0.2, 0) is 0 Å². The maximum atomic E-state index is 13.0. The molecule has 3 fully saturated rings. The molecule has 5 rings (SSSR count). The van der Waals surface area contributed by atoms with E-state index in [0.717, 1.165) is 51.3 Å². The van der Waals surface area contributed by atoms with Gasteiger partial charge in [-0.3, -0.25) is 20.0 Å².